The van der Waals surface area contributed by atoms with Crippen LogP contribution >= 0.6 is 15.6 Å². The minimum Gasteiger partial charge on any atom is -0.462 e. The van der Waals surface area contributed by atoms with Gasteiger partial charge < -0.3 is 33.8 Å². The van der Waals surface area contributed by atoms with E-state index in [1.165, 1.54) is 180 Å². The Morgan fingerprint density at radius 2 is 0.511 bits per heavy atom. The van der Waals surface area contributed by atoms with E-state index in [9.17, 15) is 43.2 Å². The van der Waals surface area contributed by atoms with Gasteiger partial charge in [0, 0.05) is 25.7 Å². The van der Waals surface area contributed by atoms with Gasteiger partial charge in [0.05, 0.1) is 26.4 Å². The van der Waals surface area contributed by atoms with E-state index in [1.54, 1.807) is 0 Å². The smallest absolute Gasteiger partial charge is 0.462 e. The number of rotatable bonds is 74. The van der Waals surface area contributed by atoms with Crippen molar-refractivity contribution in [2.45, 2.75) is 393 Å². The molecule has 554 valence electrons. The first-order valence-corrected chi connectivity index (χ1v) is 41.6. The molecule has 0 rings (SSSR count). The fourth-order valence-corrected chi connectivity index (χ4v) is 12.6. The normalized spacial score (nSPS) is 14.1. The molecule has 0 saturated carbocycles. The zero-order chi connectivity index (χ0) is 69.0. The second kappa shape index (κ2) is 69.0. The van der Waals surface area contributed by atoms with Crippen LogP contribution in [0.1, 0.15) is 374 Å². The van der Waals surface area contributed by atoms with Gasteiger partial charge in [0.1, 0.15) is 19.3 Å². The van der Waals surface area contributed by atoms with E-state index in [0.29, 0.717) is 25.7 Å². The van der Waals surface area contributed by atoms with Gasteiger partial charge in [-0.2, -0.15) is 0 Å². The topological polar surface area (TPSA) is 237 Å². The third kappa shape index (κ3) is 68.1. The molecule has 0 aliphatic heterocycles. The fraction of sp³-hybridized carbons (Fsp3) is 0.893. The van der Waals surface area contributed by atoms with Crippen molar-refractivity contribution >= 4 is 39.5 Å². The average molecular weight is 1380 g/mol. The first-order chi connectivity index (χ1) is 45.7. The zero-order valence-electron chi connectivity index (χ0n) is 60.4. The average Bonchev–Trinajstić information content (AvgIpc) is 1.31. The minimum absolute atomic E-state index is 0.102. The maximum absolute atomic E-state index is 13.1. The molecule has 0 aliphatic carbocycles. The van der Waals surface area contributed by atoms with Crippen molar-refractivity contribution < 1.29 is 80.2 Å². The van der Waals surface area contributed by atoms with Gasteiger partial charge in [-0.05, 0) is 51.4 Å². The van der Waals surface area contributed by atoms with Crippen molar-refractivity contribution in [1.82, 2.24) is 0 Å². The van der Waals surface area contributed by atoms with Crippen LogP contribution in [0.4, 0.5) is 0 Å². The van der Waals surface area contributed by atoms with E-state index in [4.69, 9.17) is 37.0 Å². The second-order valence-electron chi connectivity index (χ2n) is 26.4. The van der Waals surface area contributed by atoms with Gasteiger partial charge in [0.15, 0.2) is 12.2 Å². The number of hydrogen-bond donors (Lipinski definition) is 3. The quantitative estimate of drug-likeness (QED) is 0.0169. The fourth-order valence-electron chi connectivity index (χ4n) is 11.0. The second-order valence-corrected chi connectivity index (χ2v) is 29.3. The van der Waals surface area contributed by atoms with Crippen LogP contribution in [0.25, 0.3) is 0 Å². The third-order valence-electron chi connectivity index (χ3n) is 17.0. The Balaban J connectivity index is 5.16. The summed E-state index contributed by atoms with van der Waals surface area (Å²) in [6.45, 7) is 4.83. The number of allylic oxidation sites excluding steroid dienone is 4. The molecule has 0 radical (unpaired) electrons. The molecule has 0 fully saturated rings. The number of aliphatic hydroxyl groups excluding tert-OH is 1. The van der Waals surface area contributed by atoms with Gasteiger partial charge >= 0.3 is 39.5 Å². The molecular weight excluding hydrogens is 1230 g/mol. The van der Waals surface area contributed by atoms with Gasteiger partial charge in [-0.25, -0.2) is 9.13 Å². The summed E-state index contributed by atoms with van der Waals surface area (Å²) >= 11 is 0. The first-order valence-electron chi connectivity index (χ1n) is 38.6. The molecule has 0 aromatic carbocycles. The number of phosphoric ester groups is 2. The van der Waals surface area contributed by atoms with E-state index in [-0.39, 0.29) is 25.7 Å². The summed E-state index contributed by atoms with van der Waals surface area (Å²) in [6.07, 6.45) is 62.3. The molecule has 2 unspecified atom stereocenters. The summed E-state index contributed by atoms with van der Waals surface area (Å²) in [5, 5.41) is 10.6. The van der Waals surface area contributed by atoms with E-state index in [2.05, 4.69) is 52.0 Å². The largest absolute Gasteiger partial charge is 0.472 e. The molecule has 0 spiro atoms. The lowest BCUT2D eigenvalue weighted by atomic mass is 10.0. The molecule has 0 saturated heterocycles. The van der Waals surface area contributed by atoms with E-state index >= 15 is 0 Å². The van der Waals surface area contributed by atoms with Crippen LogP contribution in [0.2, 0.25) is 0 Å². The van der Waals surface area contributed by atoms with E-state index < -0.39 is 97.5 Å². The Hall–Kier alpha value is -2.46. The summed E-state index contributed by atoms with van der Waals surface area (Å²) in [7, 11) is -9.91. The summed E-state index contributed by atoms with van der Waals surface area (Å²) in [6, 6.07) is 0. The summed E-state index contributed by atoms with van der Waals surface area (Å²) in [5.74, 6) is -2.16. The molecule has 0 aliphatic rings. The molecule has 0 bridgehead atoms. The standard InChI is InChI=1S/C75H142O17P2/c1-5-9-13-17-20-23-26-29-32-33-34-35-36-38-41-44-47-50-54-58-62-75(80)92-71(66-86-73(78)60-56-52-48-45-42-40-37-30-27-24-21-18-14-10-6-2)68-90-94(83,84)88-64-69(76)63-87-93(81,82)89-67-70(65-85-72(77)59-55-51-16-12-8-4)91-74(79)61-57-53-49-46-43-39-31-28-25-22-19-15-11-7-3/h24,27,30,37,69-71,76H,5-23,25-26,28-29,31-36,38-68H2,1-4H3,(H,81,82)(H,83,84)/b27-24-,37-30-/t69-,70+,71+/m0/s1. The lowest BCUT2D eigenvalue weighted by Crippen LogP contribution is -2.30. The number of carbonyl (C=O) groups is 4. The number of unbranched alkanes of at least 4 members (excludes halogenated alkanes) is 45. The molecule has 94 heavy (non-hydrogen) atoms. The summed E-state index contributed by atoms with van der Waals surface area (Å²) in [4.78, 5) is 72.4. The molecule has 17 nitrogen and oxygen atoms in total. The van der Waals surface area contributed by atoms with Crippen LogP contribution in [0.5, 0.6) is 0 Å². The van der Waals surface area contributed by atoms with Crippen molar-refractivity contribution in [1.29, 1.82) is 0 Å². The Bertz CT molecular complexity index is 1880. The van der Waals surface area contributed by atoms with Crippen LogP contribution in [0, 0.1) is 0 Å². The molecule has 0 aromatic rings. The Labute approximate surface area is 573 Å². The number of carbonyl (C=O) groups excluding carboxylic acids is 4. The molecule has 5 atom stereocenters. The van der Waals surface area contributed by atoms with Crippen LogP contribution in [0.15, 0.2) is 24.3 Å². The maximum atomic E-state index is 13.1. The predicted molar refractivity (Wildman–Crippen MR) is 381 cm³/mol. The van der Waals surface area contributed by atoms with Crippen LogP contribution in [-0.2, 0) is 65.4 Å². The Kier molecular flexibility index (Phi) is 67.2. The third-order valence-corrected chi connectivity index (χ3v) is 18.9. The molecule has 19 heteroatoms. The van der Waals surface area contributed by atoms with Crippen molar-refractivity contribution in [3.8, 4) is 0 Å². The molecule has 0 aromatic heterocycles. The zero-order valence-corrected chi connectivity index (χ0v) is 62.2. The number of ether oxygens (including phenoxy) is 4. The van der Waals surface area contributed by atoms with Crippen molar-refractivity contribution in [2.24, 2.45) is 0 Å². The molecule has 0 amide bonds. The van der Waals surface area contributed by atoms with E-state index in [1.807, 2.05) is 0 Å². The highest BCUT2D eigenvalue weighted by atomic mass is 31.2. The maximum Gasteiger partial charge on any atom is 0.472 e. The lowest BCUT2D eigenvalue weighted by molar-refractivity contribution is -0.161. The van der Waals surface area contributed by atoms with Gasteiger partial charge in [0.25, 0.3) is 0 Å². The van der Waals surface area contributed by atoms with Crippen LogP contribution < -0.4 is 0 Å². The van der Waals surface area contributed by atoms with Crippen molar-refractivity contribution in [2.75, 3.05) is 39.6 Å². The Morgan fingerprint density at radius 3 is 0.777 bits per heavy atom. The molecular formula is C75H142O17P2. The number of hydrogen-bond acceptors (Lipinski definition) is 15. The SMILES string of the molecule is CCCCCC/C=C\C=C/CCCCCCCC(=O)OC[C@H](COP(=O)(O)OC[C@@H](O)COP(=O)(O)OC[C@@H](COC(=O)CCCCCCC)OC(=O)CCCCCCCCCCCCCCCC)OC(=O)CCCCCCCCCCCCCCCCCCCCCC. The number of phosphoric acid groups is 2. The minimum atomic E-state index is -4.96. The molecule has 0 heterocycles. The van der Waals surface area contributed by atoms with E-state index in [0.717, 1.165) is 116 Å². The highest BCUT2D eigenvalue weighted by Crippen LogP contribution is 2.45. The van der Waals surface area contributed by atoms with Gasteiger partial charge in [-0.1, -0.05) is 322 Å². The van der Waals surface area contributed by atoms with Gasteiger partial charge in [0.2, 0.25) is 0 Å². The monoisotopic (exact) mass is 1380 g/mol. The van der Waals surface area contributed by atoms with Crippen LogP contribution in [-0.4, -0.2) is 96.7 Å². The summed E-state index contributed by atoms with van der Waals surface area (Å²) < 4.78 is 68.2. The number of esters is 4. The molecule has 3 N–H and O–H groups in total. The van der Waals surface area contributed by atoms with Gasteiger partial charge in [-0.3, -0.25) is 37.3 Å². The van der Waals surface area contributed by atoms with Crippen molar-refractivity contribution in [3.05, 3.63) is 24.3 Å². The van der Waals surface area contributed by atoms with Gasteiger partial charge in [-0.15, -0.1) is 0 Å². The number of aliphatic hydroxyl groups is 1. The predicted octanol–water partition coefficient (Wildman–Crippen LogP) is 21.8. The first kappa shape index (κ1) is 91.5. The highest BCUT2D eigenvalue weighted by Gasteiger charge is 2.30. The summed E-state index contributed by atoms with van der Waals surface area (Å²) in [5.41, 5.74) is 0. The lowest BCUT2D eigenvalue weighted by Gasteiger charge is -2.21. The Morgan fingerprint density at radius 1 is 0.298 bits per heavy atom. The van der Waals surface area contributed by atoms with Crippen LogP contribution in [0.3, 0.4) is 0 Å². The van der Waals surface area contributed by atoms with Crippen molar-refractivity contribution in [3.63, 3.8) is 0 Å². The highest BCUT2D eigenvalue weighted by molar-refractivity contribution is 7.47.